The molecular weight excluding hydrogens is 150 g/mol. The van der Waals surface area contributed by atoms with E-state index in [1.807, 2.05) is 0 Å². The fraction of sp³-hybridized carbons (Fsp3) is 0.900. The zero-order valence-corrected chi connectivity index (χ0v) is 9.06. The highest BCUT2D eigenvalue weighted by Gasteiger charge is 2.32. The maximum Gasteiger partial charge on any atom is 0.217 e. The second kappa shape index (κ2) is 3.92. The Balaban J connectivity index is 4.51. The smallest absolute Gasteiger partial charge is 0.217 e. The van der Waals surface area contributed by atoms with Crippen LogP contribution >= 0.6 is 0 Å². The van der Waals surface area contributed by atoms with Gasteiger partial charge in [-0.2, -0.15) is 0 Å². The van der Waals surface area contributed by atoms with Crippen LogP contribution in [0.5, 0.6) is 0 Å². The topological polar surface area (TPSA) is 29.1 Å². The lowest BCUT2D eigenvalue weighted by atomic mass is 9.78. The molecule has 0 fully saturated rings. The second-order valence-corrected chi connectivity index (χ2v) is 4.27. The molecule has 0 radical (unpaired) electrons. The molecule has 72 valence electrons. The van der Waals surface area contributed by atoms with Crippen molar-refractivity contribution in [2.75, 3.05) is 0 Å². The van der Waals surface area contributed by atoms with Gasteiger partial charge in [-0.3, -0.25) is 4.79 Å². The van der Waals surface area contributed by atoms with E-state index < -0.39 is 0 Å². The van der Waals surface area contributed by atoms with Gasteiger partial charge in [0.1, 0.15) is 0 Å². The molecule has 0 bridgehead atoms. The molecule has 0 aromatic carbocycles. The first-order chi connectivity index (χ1) is 5.30. The molecule has 1 N–H and O–H groups in total. The summed E-state index contributed by atoms with van der Waals surface area (Å²) in [4.78, 5) is 11.0. The third kappa shape index (κ3) is 2.50. The number of rotatable bonds is 3. The van der Waals surface area contributed by atoms with E-state index in [1.54, 1.807) is 6.92 Å². The number of nitrogens with one attached hydrogen (secondary N) is 1. The van der Waals surface area contributed by atoms with E-state index in [0.717, 1.165) is 0 Å². The van der Waals surface area contributed by atoms with Gasteiger partial charge >= 0.3 is 0 Å². The predicted molar refractivity (Wildman–Crippen MR) is 51.9 cm³/mol. The highest BCUT2D eigenvalue weighted by molar-refractivity contribution is 5.73. The minimum atomic E-state index is -0.0775. The number of carbonyl (C=O) groups is 1. The van der Waals surface area contributed by atoms with Crippen LogP contribution in [0.2, 0.25) is 0 Å². The quantitative estimate of drug-likeness (QED) is 0.693. The molecule has 0 spiro atoms. The van der Waals surface area contributed by atoms with E-state index in [-0.39, 0.29) is 11.4 Å². The Morgan fingerprint density at radius 3 is 1.58 bits per heavy atom. The normalized spacial score (nSPS) is 12.3. The fourth-order valence-corrected chi connectivity index (χ4v) is 1.33. The minimum absolute atomic E-state index is 0.0555. The molecule has 2 heteroatoms. The Labute approximate surface area is 75.7 Å². The second-order valence-electron chi connectivity index (χ2n) is 4.27. The van der Waals surface area contributed by atoms with E-state index in [0.29, 0.717) is 11.8 Å². The number of hydrogen-bond donors (Lipinski definition) is 1. The molecule has 2 nitrogen and oxygen atoms in total. The van der Waals surface area contributed by atoms with Crippen molar-refractivity contribution in [2.45, 2.75) is 47.1 Å². The Hall–Kier alpha value is -0.530. The van der Waals surface area contributed by atoms with Gasteiger partial charge in [0, 0.05) is 12.5 Å². The monoisotopic (exact) mass is 171 g/mol. The van der Waals surface area contributed by atoms with Crippen molar-refractivity contribution in [1.82, 2.24) is 5.32 Å². The standard InChI is InChI=1S/C10H21NO/c1-7(2)10(6,8(3)4)11-9(5)12/h7-8H,1-6H3,(H,11,12). The Morgan fingerprint density at radius 1 is 1.17 bits per heavy atom. The highest BCUT2D eigenvalue weighted by atomic mass is 16.1. The molecule has 0 aliphatic carbocycles. The van der Waals surface area contributed by atoms with Gasteiger partial charge < -0.3 is 5.32 Å². The van der Waals surface area contributed by atoms with Crippen LogP contribution in [0, 0.1) is 11.8 Å². The highest BCUT2D eigenvalue weighted by Crippen LogP contribution is 2.25. The predicted octanol–water partition coefficient (Wildman–Crippen LogP) is 2.19. The van der Waals surface area contributed by atoms with Gasteiger partial charge in [-0.25, -0.2) is 0 Å². The summed E-state index contributed by atoms with van der Waals surface area (Å²) in [5.41, 5.74) is -0.0775. The van der Waals surface area contributed by atoms with E-state index in [9.17, 15) is 4.79 Å². The third-order valence-corrected chi connectivity index (χ3v) is 2.84. The van der Waals surface area contributed by atoms with Crippen LogP contribution in [0.15, 0.2) is 0 Å². The summed E-state index contributed by atoms with van der Waals surface area (Å²) in [7, 11) is 0. The van der Waals surface area contributed by atoms with Crippen molar-refractivity contribution in [1.29, 1.82) is 0 Å². The molecule has 0 saturated carbocycles. The summed E-state index contributed by atoms with van der Waals surface area (Å²) in [6, 6.07) is 0. The van der Waals surface area contributed by atoms with Gasteiger partial charge in [-0.15, -0.1) is 0 Å². The lowest BCUT2D eigenvalue weighted by Crippen LogP contribution is -2.53. The summed E-state index contributed by atoms with van der Waals surface area (Å²) >= 11 is 0. The van der Waals surface area contributed by atoms with Crippen LogP contribution in [-0.4, -0.2) is 11.4 Å². The first-order valence-corrected chi connectivity index (χ1v) is 4.59. The average Bonchev–Trinajstić information content (AvgIpc) is 1.84. The van der Waals surface area contributed by atoms with Crippen LogP contribution in [0.1, 0.15) is 41.5 Å². The van der Waals surface area contributed by atoms with Crippen molar-refractivity contribution in [2.24, 2.45) is 11.8 Å². The molecule has 0 atom stereocenters. The third-order valence-electron chi connectivity index (χ3n) is 2.84. The summed E-state index contributed by atoms with van der Waals surface area (Å²) in [6.07, 6.45) is 0. The molecule has 0 aromatic heterocycles. The molecule has 0 saturated heterocycles. The first-order valence-electron chi connectivity index (χ1n) is 4.59. The van der Waals surface area contributed by atoms with E-state index in [2.05, 4.69) is 39.9 Å². The van der Waals surface area contributed by atoms with Crippen LogP contribution in [0.3, 0.4) is 0 Å². The van der Waals surface area contributed by atoms with Crippen molar-refractivity contribution in [3.05, 3.63) is 0 Å². The molecule has 0 aliphatic heterocycles. The van der Waals surface area contributed by atoms with Crippen LogP contribution in [0.25, 0.3) is 0 Å². The molecule has 0 unspecified atom stereocenters. The molecule has 0 aliphatic rings. The van der Waals surface area contributed by atoms with E-state index >= 15 is 0 Å². The van der Waals surface area contributed by atoms with E-state index in [4.69, 9.17) is 0 Å². The van der Waals surface area contributed by atoms with Gasteiger partial charge in [0.05, 0.1) is 0 Å². The lowest BCUT2D eigenvalue weighted by molar-refractivity contribution is -0.121. The molecule has 0 aromatic rings. The summed E-state index contributed by atoms with van der Waals surface area (Å²) in [5, 5.41) is 3.02. The van der Waals surface area contributed by atoms with Crippen LogP contribution in [-0.2, 0) is 4.79 Å². The molecule has 0 heterocycles. The van der Waals surface area contributed by atoms with Crippen molar-refractivity contribution >= 4 is 5.91 Å². The summed E-state index contributed by atoms with van der Waals surface area (Å²) in [6.45, 7) is 12.2. The van der Waals surface area contributed by atoms with Gasteiger partial charge in [0.2, 0.25) is 5.91 Å². The fourth-order valence-electron chi connectivity index (χ4n) is 1.33. The molecular formula is C10H21NO. The zero-order valence-electron chi connectivity index (χ0n) is 9.06. The molecule has 12 heavy (non-hydrogen) atoms. The lowest BCUT2D eigenvalue weighted by Gasteiger charge is -2.38. The zero-order chi connectivity index (χ0) is 9.94. The molecule has 1 amide bonds. The van der Waals surface area contributed by atoms with Crippen molar-refractivity contribution in [3.8, 4) is 0 Å². The Morgan fingerprint density at radius 2 is 1.50 bits per heavy atom. The van der Waals surface area contributed by atoms with Gasteiger partial charge in [-0.05, 0) is 18.8 Å². The largest absolute Gasteiger partial charge is 0.351 e. The van der Waals surface area contributed by atoms with Gasteiger partial charge in [0.25, 0.3) is 0 Å². The summed E-state index contributed by atoms with van der Waals surface area (Å²) < 4.78 is 0. The maximum atomic E-state index is 11.0. The maximum absolute atomic E-state index is 11.0. The van der Waals surface area contributed by atoms with Crippen LogP contribution in [0.4, 0.5) is 0 Å². The van der Waals surface area contributed by atoms with E-state index in [1.165, 1.54) is 0 Å². The SMILES string of the molecule is CC(=O)NC(C)(C(C)C)C(C)C. The number of hydrogen-bond acceptors (Lipinski definition) is 1. The average molecular weight is 171 g/mol. The van der Waals surface area contributed by atoms with Gasteiger partial charge in [-0.1, -0.05) is 27.7 Å². The Bertz CT molecular complexity index is 153. The van der Waals surface area contributed by atoms with Crippen LogP contribution < -0.4 is 5.32 Å². The minimum Gasteiger partial charge on any atom is -0.351 e. The van der Waals surface area contributed by atoms with Crippen molar-refractivity contribution in [3.63, 3.8) is 0 Å². The van der Waals surface area contributed by atoms with Gasteiger partial charge in [0.15, 0.2) is 0 Å². The molecule has 0 rings (SSSR count). The first kappa shape index (κ1) is 11.5. The Kier molecular flexibility index (Phi) is 3.75. The summed E-state index contributed by atoms with van der Waals surface area (Å²) in [5.74, 6) is 0.975. The number of carbonyl (C=O) groups excluding carboxylic acids is 1. The van der Waals surface area contributed by atoms with Crippen molar-refractivity contribution < 1.29 is 4.79 Å². The number of amides is 1.